The number of carbonyl (C=O) groups is 1. The van der Waals surface area contributed by atoms with Crippen molar-refractivity contribution in [1.29, 1.82) is 0 Å². The van der Waals surface area contributed by atoms with Crippen molar-refractivity contribution in [2.75, 3.05) is 25.1 Å². The summed E-state index contributed by atoms with van der Waals surface area (Å²) in [6.45, 7) is 2.33. The first-order valence-corrected chi connectivity index (χ1v) is 7.13. The van der Waals surface area contributed by atoms with Crippen LogP contribution in [0.15, 0.2) is 18.2 Å². The molecule has 0 spiro atoms. The summed E-state index contributed by atoms with van der Waals surface area (Å²) in [7, 11) is 0. The zero-order chi connectivity index (χ0) is 15.0. The van der Waals surface area contributed by atoms with Gasteiger partial charge in [0.05, 0.1) is 25.5 Å². The van der Waals surface area contributed by atoms with Crippen LogP contribution in [0.2, 0.25) is 5.02 Å². The Morgan fingerprint density at radius 2 is 2.29 bits per heavy atom. The van der Waals surface area contributed by atoms with E-state index < -0.39 is 12.2 Å². The molecule has 2 heterocycles. The first-order chi connectivity index (χ1) is 10.0. The zero-order valence-electron chi connectivity index (χ0n) is 11.6. The molecule has 112 valence electrons. The SMILES string of the molecule is CC1(CO)Oc2c(cc(Cl)cc2C2=CCOCC2)NC1=O. The fourth-order valence-corrected chi connectivity index (χ4v) is 2.66. The molecule has 1 amide bonds. The molecule has 0 fully saturated rings. The summed E-state index contributed by atoms with van der Waals surface area (Å²) in [5.41, 5.74) is 1.14. The Balaban J connectivity index is 2.11. The van der Waals surface area contributed by atoms with Crippen molar-refractivity contribution in [1.82, 2.24) is 0 Å². The largest absolute Gasteiger partial charge is 0.472 e. The number of hydrogen-bond donors (Lipinski definition) is 2. The van der Waals surface area contributed by atoms with E-state index in [0.29, 0.717) is 29.7 Å². The summed E-state index contributed by atoms with van der Waals surface area (Å²) >= 11 is 6.14. The number of rotatable bonds is 2. The molecule has 1 unspecified atom stereocenters. The lowest BCUT2D eigenvalue weighted by Gasteiger charge is -2.35. The maximum atomic E-state index is 12.0. The number of carbonyl (C=O) groups excluding carboxylic acids is 1. The number of benzene rings is 1. The van der Waals surface area contributed by atoms with Crippen LogP contribution in [0, 0.1) is 0 Å². The lowest BCUT2D eigenvalue weighted by molar-refractivity contribution is -0.134. The summed E-state index contributed by atoms with van der Waals surface area (Å²) in [5.74, 6) is 0.162. The fourth-order valence-electron chi connectivity index (χ4n) is 2.44. The number of fused-ring (bicyclic) bond motifs is 1. The molecular weight excluding hydrogens is 294 g/mol. The summed E-state index contributed by atoms with van der Waals surface area (Å²) in [4.78, 5) is 12.0. The summed E-state index contributed by atoms with van der Waals surface area (Å²) in [6, 6.07) is 3.46. The van der Waals surface area contributed by atoms with Crippen molar-refractivity contribution in [3.8, 4) is 5.75 Å². The van der Waals surface area contributed by atoms with Gasteiger partial charge in [-0.15, -0.1) is 0 Å². The topological polar surface area (TPSA) is 67.8 Å². The maximum Gasteiger partial charge on any atom is 0.270 e. The number of aliphatic hydroxyl groups excluding tert-OH is 1. The van der Waals surface area contributed by atoms with Crippen molar-refractivity contribution in [2.24, 2.45) is 0 Å². The molecule has 6 heteroatoms. The Morgan fingerprint density at radius 1 is 1.48 bits per heavy atom. The van der Waals surface area contributed by atoms with Crippen LogP contribution in [-0.2, 0) is 9.53 Å². The van der Waals surface area contributed by atoms with Crippen LogP contribution < -0.4 is 10.1 Å². The zero-order valence-corrected chi connectivity index (χ0v) is 12.4. The highest BCUT2D eigenvalue weighted by atomic mass is 35.5. The van der Waals surface area contributed by atoms with Crippen molar-refractivity contribution in [2.45, 2.75) is 18.9 Å². The molecule has 0 bridgehead atoms. The van der Waals surface area contributed by atoms with Crippen LogP contribution in [-0.4, -0.2) is 36.4 Å². The number of aliphatic hydroxyl groups is 1. The average molecular weight is 310 g/mol. The van der Waals surface area contributed by atoms with Gasteiger partial charge in [0.15, 0.2) is 5.75 Å². The molecule has 1 aromatic carbocycles. The normalized spacial score (nSPS) is 24.7. The van der Waals surface area contributed by atoms with Gasteiger partial charge in [0.25, 0.3) is 5.91 Å². The molecule has 3 rings (SSSR count). The van der Waals surface area contributed by atoms with Crippen molar-refractivity contribution < 1.29 is 19.4 Å². The molecule has 0 aromatic heterocycles. The van der Waals surface area contributed by atoms with Crippen molar-refractivity contribution in [3.63, 3.8) is 0 Å². The molecule has 2 aliphatic heterocycles. The summed E-state index contributed by atoms with van der Waals surface area (Å²) in [5, 5.41) is 12.7. The predicted molar refractivity (Wildman–Crippen MR) is 79.6 cm³/mol. The number of amides is 1. The molecule has 2 N–H and O–H groups in total. The first kappa shape index (κ1) is 14.4. The lowest BCUT2D eigenvalue weighted by atomic mass is 9.97. The Bertz CT molecular complexity index is 628. The number of nitrogens with one attached hydrogen (secondary N) is 1. The van der Waals surface area contributed by atoms with Gasteiger partial charge in [-0.1, -0.05) is 17.7 Å². The van der Waals surface area contributed by atoms with Gasteiger partial charge in [0.2, 0.25) is 5.60 Å². The second-order valence-electron chi connectivity index (χ2n) is 5.33. The van der Waals surface area contributed by atoms with Crippen LogP contribution >= 0.6 is 11.6 Å². The quantitative estimate of drug-likeness (QED) is 0.879. The summed E-state index contributed by atoms with van der Waals surface area (Å²) in [6.07, 6.45) is 2.73. The highest BCUT2D eigenvalue weighted by Gasteiger charge is 2.41. The second-order valence-corrected chi connectivity index (χ2v) is 5.77. The Kier molecular flexibility index (Phi) is 3.65. The van der Waals surface area contributed by atoms with Crippen LogP contribution in [0.25, 0.3) is 5.57 Å². The van der Waals surface area contributed by atoms with Crippen LogP contribution in [0.3, 0.4) is 0 Å². The Hall–Kier alpha value is -1.56. The number of halogens is 1. The minimum Gasteiger partial charge on any atom is -0.472 e. The number of ether oxygens (including phenoxy) is 2. The van der Waals surface area contributed by atoms with Crippen molar-refractivity contribution >= 4 is 28.8 Å². The summed E-state index contributed by atoms with van der Waals surface area (Å²) < 4.78 is 11.1. The standard InChI is InChI=1S/C15H16ClNO4/c1-15(8-18)14(19)17-12-7-10(16)6-11(13(12)21-15)9-2-4-20-5-3-9/h2,6-7,18H,3-5,8H2,1H3,(H,17,19). The van der Waals surface area contributed by atoms with E-state index in [1.54, 1.807) is 13.0 Å². The van der Waals surface area contributed by atoms with E-state index in [1.807, 2.05) is 12.1 Å². The van der Waals surface area contributed by atoms with Crippen LogP contribution in [0.4, 0.5) is 5.69 Å². The highest BCUT2D eigenvalue weighted by molar-refractivity contribution is 6.31. The van der Waals surface area contributed by atoms with E-state index in [1.165, 1.54) is 0 Å². The molecule has 0 radical (unpaired) electrons. The van der Waals surface area contributed by atoms with E-state index in [4.69, 9.17) is 21.1 Å². The van der Waals surface area contributed by atoms with Gasteiger partial charge >= 0.3 is 0 Å². The van der Waals surface area contributed by atoms with E-state index in [-0.39, 0.29) is 5.91 Å². The molecule has 5 nitrogen and oxygen atoms in total. The molecule has 0 saturated heterocycles. The third kappa shape index (κ3) is 2.52. The van der Waals surface area contributed by atoms with Crippen molar-refractivity contribution in [3.05, 3.63) is 28.8 Å². The minimum atomic E-state index is -1.29. The molecular formula is C15H16ClNO4. The Labute approximate surface area is 127 Å². The highest BCUT2D eigenvalue weighted by Crippen LogP contribution is 2.43. The Morgan fingerprint density at radius 3 is 2.95 bits per heavy atom. The van der Waals surface area contributed by atoms with Gasteiger partial charge in [-0.25, -0.2) is 0 Å². The number of hydrogen-bond acceptors (Lipinski definition) is 4. The fraction of sp³-hybridized carbons (Fsp3) is 0.400. The second kappa shape index (κ2) is 5.33. The molecule has 0 saturated carbocycles. The average Bonchev–Trinajstić information content (AvgIpc) is 2.49. The lowest BCUT2D eigenvalue weighted by Crippen LogP contribution is -2.51. The van der Waals surface area contributed by atoms with Gasteiger partial charge in [-0.2, -0.15) is 0 Å². The monoisotopic (exact) mass is 309 g/mol. The van der Waals surface area contributed by atoms with E-state index in [2.05, 4.69) is 5.32 Å². The van der Waals surface area contributed by atoms with Gasteiger partial charge in [0, 0.05) is 10.6 Å². The third-order valence-electron chi connectivity index (χ3n) is 3.72. The predicted octanol–water partition coefficient (Wildman–Crippen LogP) is 2.23. The van der Waals surface area contributed by atoms with E-state index in [9.17, 15) is 9.90 Å². The molecule has 21 heavy (non-hydrogen) atoms. The van der Waals surface area contributed by atoms with E-state index in [0.717, 1.165) is 17.6 Å². The number of anilines is 1. The molecule has 1 aromatic rings. The van der Waals surface area contributed by atoms with Gasteiger partial charge < -0.3 is 19.9 Å². The van der Waals surface area contributed by atoms with Crippen LogP contribution in [0.5, 0.6) is 5.75 Å². The van der Waals surface area contributed by atoms with Gasteiger partial charge in [0.1, 0.15) is 0 Å². The van der Waals surface area contributed by atoms with E-state index >= 15 is 0 Å². The van der Waals surface area contributed by atoms with Gasteiger partial charge in [-0.05, 0) is 31.1 Å². The molecule has 2 aliphatic rings. The molecule has 1 atom stereocenters. The van der Waals surface area contributed by atoms with Crippen LogP contribution in [0.1, 0.15) is 18.9 Å². The smallest absolute Gasteiger partial charge is 0.270 e. The first-order valence-electron chi connectivity index (χ1n) is 6.75. The minimum absolute atomic E-state index is 0.383. The molecule has 0 aliphatic carbocycles. The maximum absolute atomic E-state index is 12.0. The van der Waals surface area contributed by atoms with Gasteiger partial charge in [-0.3, -0.25) is 4.79 Å². The third-order valence-corrected chi connectivity index (χ3v) is 3.94.